The summed E-state index contributed by atoms with van der Waals surface area (Å²) in [6.07, 6.45) is 4.64. The third-order valence-electron chi connectivity index (χ3n) is 4.01. The topological polar surface area (TPSA) is 96.0 Å². The maximum absolute atomic E-state index is 12.6. The summed E-state index contributed by atoms with van der Waals surface area (Å²) >= 11 is 9.32. The molecule has 1 aromatic carbocycles. The van der Waals surface area contributed by atoms with Gasteiger partial charge < -0.3 is 16.0 Å². The Balaban J connectivity index is 1.66. The number of carbonyl (C=O) groups excluding carboxylic acids is 2. The lowest BCUT2D eigenvalue weighted by Crippen LogP contribution is -2.34. The molecule has 0 aliphatic carbocycles. The number of halogens is 1. The highest BCUT2D eigenvalue weighted by molar-refractivity contribution is 8.01. The summed E-state index contributed by atoms with van der Waals surface area (Å²) in [4.78, 5) is 33.1. The number of hydrogen-bond acceptors (Lipinski definition) is 7. The molecular formula is C21H20ClN5O2S2. The molecule has 10 heteroatoms. The Labute approximate surface area is 193 Å². The molecule has 0 aliphatic heterocycles. The van der Waals surface area contributed by atoms with E-state index in [-0.39, 0.29) is 11.8 Å². The molecular weight excluding hydrogens is 454 g/mol. The molecule has 2 amide bonds. The Hall–Kier alpha value is -2.88. The zero-order valence-corrected chi connectivity index (χ0v) is 19.0. The molecule has 2 heterocycles. The zero-order chi connectivity index (χ0) is 22.2. The highest BCUT2D eigenvalue weighted by atomic mass is 35.5. The molecule has 0 spiro atoms. The smallest absolute Gasteiger partial charge is 0.251 e. The quantitative estimate of drug-likeness (QED) is 0.314. The molecule has 3 rings (SSSR count). The molecule has 160 valence electrons. The number of amides is 2. The highest BCUT2D eigenvalue weighted by Gasteiger charge is 2.15. The number of anilines is 2. The first-order valence-electron chi connectivity index (χ1n) is 9.26. The van der Waals surface area contributed by atoms with Gasteiger partial charge in [0.2, 0.25) is 5.91 Å². The van der Waals surface area contributed by atoms with Gasteiger partial charge in [0.15, 0.2) is 5.13 Å². The first-order chi connectivity index (χ1) is 15.0. The molecule has 0 unspecified atom stereocenters. The molecule has 0 saturated heterocycles. The lowest BCUT2D eigenvalue weighted by Gasteiger charge is -2.11. The van der Waals surface area contributed by atoms with E-state index < -0.39 is 0 Å². The van der Waals surface area contributed by atoms with Crippen molar-refractivity contribution in [1.29, 1.82) is 0 Å². The van der Waals surface area contributed by atoms with Gasteiger partial charge in [0.25, 0.3) is 5.91 Å². The lowest BCUT2D eigenvalue weighted by atomic mass is 10.1. The average molecular weight is 474 g/mol. The van der Waals surface area contributed by atoms with E-state index in [1.165, 1.54) is 29.2 Å². The van der Waals surface area contributed by atoms with E-state index in [0.717, 1.165) is 14.7 Å². The number of nitrogens with one attached hydrogen (secondary N) is 3. The van der Waals surface area contributed by atoms with Gasteiger partial charge in [-0.15, -0.1) is 0 Å². The molecule has 3 aromatic rings. The van der Waals surface area contributed by atoms with Gasteiger partial charge in [0, 0.05) is 29.7 Å². The van der Waals surface area contributed by atoms with Gasteiger partial charge in [-0.05, 0) is 42.8 Å². The fourth-order valence-corrected chi connectivity index (χ4v) is 4.74. The van der Waals surface area contributed by atoms with Crippen LogP contribution in [0.3, 0.4) is 0 Å². The summed E-state index contributed by atoms with van der Waals surface area (Å²) in [6.45, 7) is 5.84. The van der Waals surface area contributed by atoms with Crippen LogP contribution in [-0.4, -0.2) is 34.9 Å². The fourth-order valence-electron chi connectivity index (χ4n) is 2.52. The second kappa shape index (κ2) is 10.9. The molecule has 0 aliphatic rings. The van der Waals surface area contributed by atoms with Gasteiger partial charge >= 0.3 is 0 Å². The van der Waals surface area contributed by atoms with E-state index >= 15 is 0 Å². The first kappa shape index (κ1) is 22.8. The average Bonchev–Trinajstić information content (AvgIpc) is 3.20. The summed E-state index contributed by atoms with van der Waals surface area (Å²) in [6, 6.07) is 9.14. The minimum absolute atomic E-state index is 0.231. The maximum atomic E-state index is 12.6. The van der Waals surface area contributed by atoms with Crippen LogP contribution >= 0.6 is 34.7 Å². The van der Waals surface area contributed by atoms with Crippen molar-refractivity contribution in [2.24, 2.45) is 0 Å². The van der Waals surface area contributed by atoms with Gasteiger partial charge in [-0.2, -0.15) is 0 Å². The SMILES string of the molecule is C=CC(=O)NCCNC(=O)c1cc(Sc2cnc(Nc3ccccn3)s2)c(Cl)cc1C. The predicted molar refractivity (Wildman–Crippen MR) is 125 cm³/mol. The van der Waals surface area contributed by atoms with Gasteiger partial charge in [-0.1, -0.05) is 47.3 Å². The van der Waals surface area contributed by atoms with Crippen molar-refractivity contribution in [1.82, 2.24) is 20.6 Å². The Kier molecular flexibility index (Phi) is 8.05. The second-order valence-electron chi connectivity index (χ2n) is 6.28. The van der Waals surface area contributed by atoms with Crippen LogP contribution in [-0.2, 0) is 4.79 Å². The predicted octanol–water partition coefficient (Wildman–Crippen LogP) is 4.43. The van der Waals surface area contributed by atoms with Crippen molar-refractivity contribution in [3.8, 4) is 0 Å². The largest absolute Gasteiger partial charge is 0.351 e. The molecule has 0 radical (unpaired) electrons. The van der Waals surface area contributed by atoms with Crippen molar-refractivity contribution in [3.63, 3.8) is 0 Å². The number of aromatic nitrogens is 2. The summed E-state index contributed by atoms with van der Waals surface area (Å²) in [5.41, 5.74) is 1.29. The number of rotatable bonds is 9. The number of pyridine rings is 1. The molecule has 0 fully saturated rings. The maximum Gasteiger partial charge on any atom is 0.251 e. The number of thiazole rings is 1. The number of hydrogen-bond donors (Lipinski definition) is 3. The number of carbonyl (C=O) groups is 2. The molecule has 7 nitrogen and oxygen atoms in total. The summed E-state index contributed by atoms with van der Waals surface area (Å²) < 4.78 is 0.919. The van der Waals surface area contributed by atoms with Gasteiger partial charge in [0.05, 0.1) is 15.4 Å². The van der Waals surface area contributed by atoms with E-state index in [0.29, 0.717) is 34.6 Å². The molecule has 2 aromatic heterocycles. The van der Waals surface area contributed by atoms with E-state index in [1.54, 1.807) is 24.5 Å². The Morgan fingerprint density at radius 1 is 1.23 bits per heavy atom. The van der Waals surface area contributed by atoms with Crippen LogP contribution in [0.25, 0.3) is 0 Å². The van der Waals surface area contributed by atoms with Crippen molar-refractivity contribution >= 4 is 57.5 Å². The van der Waals surface area contributed by atoms with Gasteiger partial charge in [-0.3, -0.25) is 9.59 Å². The van der Waals surface area contributed by atoms with Crippen LogP contribution in [0.5, 0.6) is 0 Å². The third-order valence-corrected chi connectivity index (χ3v) is 6.51. The van der Waals surface area contributed by atoms with Crippen LogP contribution in [0, 0.1) is 6.92 Å². The van der Waals surface area contributed by atoms with Gasteiger partial charge in [-0.25, -0.2) is 9.97 Å². The van der Waals surface area contributed by atoms with Crippen LogP contribution in [0.15, 0.2) is 64.5 Å². The monoisotopic (exact) mass is 473 g/mol. The normalized spacial score (nSPS) is 10.4. The molecule has 0 bridgehead atoms. The molecule has 0 atom stereocenters. The van der Waals surface area contributed by atoms with E-state index in [4.69, 9.17) is 11.6 Å². The summed E-state index contributed by atoms with van der Waals surface area (Å²) in [5.74, 6) is 0.202. The van der Waals surface area contributed by atoms with Crippen molar-refractivity contribution < 1.29 is 9.59 Å². The summed E-state index contributed by atoms with van der Waals surface area (Å²) in [7, 11) is 0. The molecule has 31 heavy (non-hydrogen) atoms. The summed E-state index contributed by atoms with van der Waals surface area (Å²) in [5, 5.41) is 9.83. The van der Waals surface area contributed by atoms with Crippen LogP contribution in [0.1, 0.15) is 15.9 Å². The molecule has 0 saturated carbocycles. The van der Waals surface area contributed by atoms with Crippen LogP contribution < -0.4 is 16.0 Å². The Morgan fingerprint density at radius 2 is 2.03 bits per heavy atom. The van der Waals surface area contributed by atoms with Gasteiger partial charge in [0.1, 0.15) is 5.82 Å². The van der Waals surface area contributed by atoms with E-state index in [2.05, 4.69) is 32.5 Å². The van der Waals surface area contributed by atoms with E-state index in [9.17, 15) is 9.59 Å². The Morgan fingerprint density at radius 3 is 2.77 bits per heavy atom. The number of aryl methyl sites for hydroxylation is 1. The van der Waals surface area contributed by atoms with Crippen molar-refractivity contribution in [2.45, 2.75) is 16.0 Å². The lowest BCUT2D eigenvalue weighted by molar-refractivity contribution is -0.116. The standard InChI is InChI=1S/C21H20ClN5O2S2/c1-3-18(28)24-8-9-25-20(29)14-11-16(15(22)10-13(14)2)30-19-12-26-21(31-19)27-17-6-4-5-7-23-17/h3-7,10-12H,1,8-9H2,2H3,(H,24,28)(H,25,29)(H,23,26,27). The molecule has 3 N–H and O–H groups in total. The zero-order valence-electron chi connectivity index (χ0n) is 16.6. The number of benzene rings is 1. The Bertz CT molecular complexity index is 1090. The van der Waals surface area contributed by atoms with Crippen molar-refractivity contribution in [3.05, 3.63) is 71.5 Å². The van der Waals surface area contributed by atoms with Crippen molar-refractivity contribution in [2.75, 3.05) is 18.4 Å². The van der Waals surface area contributed by atoms with E-state index in [1.807, 2.05) is 25.1 Å². The first-order valence-corrected chi connectivity index (χ1v) is 11.3. The minimum atomic E-state index is -0.280. The van der Waals surface area contributed by atoms with Crippen LogP contribution in [0.4, 0.5) is 10.9 Å². The highest BCUT2D eigenvalue weighted by Crippen LogP contribution is 2.39. The van der Waals surface area contributed by atoms with Crippen LogP contribution in [0.2, 0.25) is 5.02 Å². The number of nitrogens with zero attached hydrogens (tertiary/aromatic N) is 2. The fraction of sp³-hybridized carbons (Fsp3) is 0.143. The third kappa shape index (κ3) is 6.55. The minimum Gasteiger partial charge on any atom is -0.351 e. The second-order valence-corrected chi connectivity index (χ2v) is 9.06.